The van der Waals surface area contributed by atoms with Gasteiger partial charge in [-0.05, 0) is 49.9 Å². The van der Waals surface area contributed by atoms with Gasteiger partial charge in [-0.2, -0.15) is 0 Å². The zero-order chi connectivity index (χ0) is 19.0. The fourth-order valence-electron chi connectivity index (χ4n) is 4.72. The number of hydrogen-bond donors (Lipinski definition) is 2. The Balaban J connectivity index is 1.49. The van der Waals surface area contributed by atoms with E-state index >= 15 is 0 Å². The summed E-state index contributed by atoms with van der Waals surface area (Å²) in [4.78, 5) is 20.0. The van der Waals surface area contributed by atoms with Crippen molar-refractivity contribution >= 4 is 23.1 Å². The van der Waals surface area contributed by atoms with Gasteiger partial charge in [-0.1, -0.05) is 25.0 Å². The molecule has 1 aromatic carbocycles. The van der Waals surface area contributed by atoms with Crippen molar-refractivity contribution in [2.45, 2.75) is 50.1 Å². The average Bonchev–Trinajstić information content (AvgIpc) is 3.42. The molecule has 146 valence electrons. The lowest BCUT2D eigenvalue weighted by Gasteiger charge is -2.47. The van der Waals surface area contributed by atoms with Crippen LogP contribution in [0.3, 0.4) is 0 Å². The van der Waals surface area contributed by atoms with Crippen LogP contribution in [0.1, 0.15) is 49.1 Å². The Labute approximate surface area is 165 Å². The molecule has 2 N–H and O–H groups in total. The minimum atomic E-state index is -0.378. The first-order chi connectivity index (χ1) is 13.7. The van der Waals surface area contributed by atoms with E-state index in [0.29, 0.717) is 18.3 Å². The van der Waals surface area contributed by atoms with Gasteiger partial charge >= 0.3 is 0 Å². The second-order valence-corrected chi connectivity index (χ2v) is 8.10. The lowest BCUT2D eigenvalue weighted by atomic mass is 9.84. The van der Waals surface area contributed by atoms with Gasteiger partial charge in [0.05, 0.1) is 30.2 Å². The fourth-order valence-corrected chi connectivity index (χ4v) is 4.72. The monoisotopic (exact) mass is 378 g/mol. The largest absolute Gasteiger partial charge is 0.459 e. The molecule has 0 bridgehead atoms. The van der Waals surface area contributed by atoms with E-state index in [1.807, 2.05) is 17.0 Å². The first-order valence-electron chi connectivity index (χ1n) is 10.3. The number of nitrogens with one attached hydrogen (secondary N) is 2. The molecule has 1 aromatic heterocycles. The molecule has 1 saturated heterocycles. The van der Waals surface area contributed by atoms with Crippen LogP contribution in [0.4, 0.5) is 11.4 Å². The molecule has 0 unspecified atom stereocenters. The lowest BCUT2D eigenvalue weighted by molar-refractivity contribution is 0.0662. The number of furan rings is 1. The third kappa shape index (κ3) is 3.07. The highest BCUT2D eigenvalue weighted by atomic mass is 16.3. The summed E-state index contributed by atoms with van der Waals surface area (Å²) < 4.78 is 5.36. The van der Waals surface area contributed by atoms with Gasteiger partial charge in [-0.25, -0.2) is 0 Å². The van der Waals surface area contributed by atoms with E-state index in [4.69, 9.17) is 9.41 Å². The molecular weight excluding hydrogens is 352 g/mol. The van der Waals surface area contributed by atoms with Crippen LogP contribution < -0.4 is 10.6 Å². The van der Waals surface area contributed by atoms with E-state index in [1.165, 1.54) is 12.8 Å². The molecule has 1 saturated carbocycles. The van der Waals surface area contributed by atoms with Gasteiger partial charge in [-0.3, -0.25) is 9.79 Å². The molecule has 0 radical (unpaired) electrons. The van der Waals surface area contributed by atoms with Crippen LogP contribution in [-0.2, 0) is 0 Å². The molecular formula is C22H26N4O2. The summed E-state index contributed by atoms with van der Waals surface area (Å²) in [7, 11) is 0. The van der Waals surface area contributed by atoms with Crippen molar-refractivity contribution in [3.05, 3.63) is 48.4 Å². The first kappa shape index (κ1) is 17.3. The van der Waals surface area contributed by atoms with Crippen LogP contribution in [0, 0.1) is 0 Å². The first-order valence-corrected chi connectivity index (χ1v) is 10.3. The number of piperidine rings is 1. The van der Waals surface area contributed by atoms with E-state index in [1.54, 1.807) is 18.4 Å². The van der Waals surface area contributed by atoms with Crippen LogP contribution in [0.5, 0.6) is 0 Å². The predicted molar refractivity (Wildman–Crippen MR) is 110 cm³/mol. The maximum Gasteiger partial charge on any atom is 0.289 e. The number of rotatable bonds is 2. The Morgan fingerprint density at radius 1 is 1.11 bits per heavy atom. The number of benzene rings is 1. The minimum Gasteiger partial charge on any atom is -0.459 e. The summed E-state index contributed by atoms with van der Waals surface area (Å²) in [5.41, 5.74) is 1.75. The summed E-state index contributed by atoms with van der Waals surface area (Å²) in [6.45, 7) is 1.32. The summed E-state index contributed by atoms with van der Waals surface area (Å²) in [6, 6.07) is 12.1. The summed E-state index contributed by atoms with van der Waals surface area (Å²) in [6.07, 6.45) is 8.23. The highest BCUT2D eigenvalue weighted by Crippen LogP contribution is 2.37. The van der Waals surface area contributed by atoms with Gasteiger partial charge in [0.25, 0.3) is 5.91 Å². The summed E-state index contributed by atoms with van der Waals surface area (Å²) >= 11 is 0. The summed E-state index contributed by atoms with van der Waals surface area (Å²) in [5.74, 6) is 1.33. The van der Waals surface area contributed by atoms with Gasteiger partial charge in [0, 0.05) is 6.54 Å². The minimum absolute atomic E-state index is 0.0510. The van der Waals surface area contributed by atoms with Crippen molar-refractivity contribution in [2.24, 2.45) is 4.99 Å². The molecule has 2 aromatic rings. The Kier molecular flexibility index (Phi) is 4.34. The quantitative estimate of drug-likeness (QED) is 0.824. The Bertz CT molecular complexity index is 886. The molecule has 1 atom stereocenters. The van der Waals surface area contributed by atoms with E-state index < -0.39 is 0 Å². The van der Waals surface area contributed by atoms with Crippen LogP contribution >= 0.6 is 0 Å². The molecule has 3 heterocycles. The Hall–Kier alpha value is -2.76. The molecule has 1 aliphatic carbocycles. The number of para-hydroxylation sites is 2. The number of aliphatic imine (C=N–C) groups is 1. The third-order valence-corrected chi connectivity index (χ3v) is 6.16. The van der Waals surface area contributed by atoms with Crippen molar-refractivity contribution in [2.75, 3.05) is 23.7 Å². The third-order valence-electron chi connectivity index (χ3n) is 6.16. The highest BCUT2D eigenvalue weighted by molar-refractivity contribution is 6.10. The molecule has 5 rings (SSSR count). The normalized spacial score (nSPS) is 26.1. The van der Waals surface area contributed by atoms with Crippen molar-refractivity contribution in [3.63, 3.8) is 0 Å². The predicted octanol–water partition coefficient (Wildman–Crippen LogP) is 4.13. The smallest absolute Gasteiger partial charge is 0.289 e. The van der Waals surface area contributed by atoms with Gasteiger partial charge in [-0.15, -0.1) is 0 Å². The van der Waals surface area contributed by atoms with Gasteiger partial charge in [0.2, 0.25) is 0 Å². The average molecular weight is 378 g/mol. The number of likely N-dealkylation sites (tertiary alicyclic amines) is 1. The van der Waals surface area contributed by atoms with Crippen LogP contribution in [0.25, 0.3) is 0 Å². The van der Waals surface area contributed by atoms with E-state index in [0.717, 1.165) is 49.4 Å². The Morgan fingerprint density at radius 2 is 1.93 bits per heavy atom. The maximum atomic E-state index is 12.9. The number of hydrogen-bond acceptors (Lipinski definition) is 4. The number of anilines is 2. The molecule has 28 heavy (non-hydrogen) atoms. The van der Waals surface area contributed by atoms with E-state index in [2.05, 4.69) is 22.8 Å². The van der Waals surface area contributed by atoms with Crippen LogP contribution in [-0.4, -0.2) is 41.3 Å². The molecule has 2 aliphatic heterocycles. The Morgan fingerprint density at radius 3 is 2.71 bits per heavy atom. The lowest BCUT2D eigenvalue weighted by Crippen LogP contribution is -2.62. The van der Waals surface area contributed by atoms with Crippen LogP contribution in [0.15, 0.2) is 52.1 Å². The number of nitrogens with zero attached hydrogens (tertiary/aromatic N) is 2. The molecule has 1 spiro atoms. The topological polar surface area (TPSA) is 69.9 Å². The maximum absolute atomic E-state index is 12.9. The van der Waals surface area contributed by atoms with E-state index in [-0.39, 0.29) is 11.4 Å². The number of carbonyl (C=O) groups excluding carboxylic acids is 1. The second kappa shape index (κ2) is 7.00. The van der Waals surface area contributed by atoms with Crippen molar-refractivity contribution in [3.8, 4) is 0 Å². The molecule has 1 amide bonds. The number of amides is 1. The molecule has 3 aliphatic rings. The highest BCUT2D eigenvalue weighted by Gasteiger charge is 2.45. The van der Waals surface area contributed by atoms with Gasteiger partial charge < -0.3 is 20.0 Å². The van der Waals surface area contributed by atoms with Crippen molar-refractivity contribution in [1.29, 1.82) is 0 Å². The SMILES string of the molecule is O=C(c1ccco1)N1CCC[C@@]2(C1)Nc1ccccc1NC2=NC1CCCC1. The number of fused-ring (bicyclic) bond motifs is 1. The number of amidine groups is 1. The van der Waals surface area contributed by atoms with Gasteiger partial charge in [0.1, 0.15) is 11.4 Å². The number of carbonyl (C=O) groups is 1. The van der Waals surface area contributed by atoms with Crippen molar-refractivity contribution < 1.29 is 9.21 Å². The molecule has 6 heteroatoms. The van der Waals surface area contributed by atoms with E-state index in [9.17, 15) is 4.79 Å². The fraction of sp³-hybridized carbons (Fsp3) is 0.455. The molecule has 6 nitrogen and oxygen atoms in total. The molecule has 2 fully saturated rings. The second-order valence-electron chi connectivity index (χ2n) is 8.10. The van der Waals surface area contributed by atoms with Gasteiger partial charge in [0.15, 0.2) is 5.76 Å². The summed E-state index contributed by atoms with van der Waals surface area (Å²) in [5, 5.41) is 7.35. The zero-order valence-electron chi connectivity index (χ0n) is 16.0. The van der Waals surface area contributed by atoms with Crippen LogP contribution in [0.2, 0.25) is 0 Å². The van der Waals surface area contributed by atoms with Crippen molar-refractivity contribution in [1.82, 2.24) is 4.90 Å². The zero-order valence-corrected chi connectivity index (χ0v) is 16.0. The standard InChI is InChI=1S/C22H26N4O2/c27-20(19-11-5-14-28-19)26-13-6-12-22(15-26)21(23-16-7-1-2-8-16)24-17-9-3-4-10-18(17)25-22/h3-5,9-11,14,16,25H,1-2,6-8,12-13,15H2,(H,23,24)/t22-/m0/s1.